The summed E-state index contributed by atoms with van der Waals surface area (Å²) in [6.07, 6.45) is 0.812. The highest BCUT2D eigenvalue weighted by molar-refractivity contribution is 6.31. The van der Waals surface area contributed by atoms with Gasteiger partial charge in [0.25, 0.3) is 0 Å². The second-order valence-electron chi connectivity index (χ2n) is 4.76. The van der Waals surface area contributed by atoms with Crippen molar-refractivity contribution in [1.29, 1.82) is 0 Å². The van der Waals surface area contributed by atoms with Crippen LogP contribution in [0.2, 0.25) is 5.02 Å². The number of pyridine rings is 1. The Labute approximate surface area is 128 Å². The van der Waals surface area contributed by atoms with Crippen LogP contribution in [0.1, 0.15) is 17.4 Å². The molecule has 0 saturated heterocycles. The van der Waals surface area contributed by atoms with Gasteiger partial charge < -0.3 is 5.11 Å². The summed E-state index contributed by atoms with van der Waals surface area (Å²) in [4.78, 5) is 4.15. The molecule has 1 atom stereocenters. The molecule has 0 saturated carbocycles. The molecule has 21 heavy (non-hydrogen) atoms. The molecule has 1 N–H and O–H groups in total. The van der Waals surface area contributed by atoms with E-state index < -0.39 is 6.10 Å². The van der Waals surface area contributed by atoms with Crippen molar-refractivity contribution >= 4 is 11.6 Å². The summed E-state index contributed by atoms with van der Waals surface area (Å²) in [5.41, 5.74) is 3.51. The van der Waals surface area contributed by atoms with Crippen LogP contribution in [0.3, 0.4) is 0 Å². The van der Waals surface area contributed by atoms with Gasteiger partial charge in [-0.05, 0) is 28.8 Å². The van der Waals surface area contributed by atoms with Gasteiger partial charge in [0.15, 0.2) is 0 Å². The molecule has 3 aromatic rings. The molecule has 0 aliphatic heterocycles. The van der Waals surface area contributed by atoms with Gasteiger partial charge in [-0.3, -0.25) is 4.98 Å². The average molecular weight is 296 g/mol. The molecule has 0 spiro atoms. The van der Waals surface area contributed by atoms with Crippen LogP contribution in [0.5, 0.6) is 0 Å². The number of rotatable bonds is 3. The predicted molar refractivity (Wildman–Crippen MR) is 85.2 cm³/mol. The highest BCUT2D eigenvalue weighted by atomic mass is 35.5. The van der Waals surface area contributed by atoms with E-state index >= 15 is 0 Å². The number of hydrogen-bond acceptors (Lipinski definition) is 2. The van der Waals surface area contributed by atoms with Crippen LogP contribution in [0, 0.1) is 0 Å². The van der Waals surface area contributed by atoms with Crippen LogP contribution in [0.4, 0.5) is 0 Å². The highest BCUT2D eigenvalue weighted by Crippen LogP contribution is 2.28. The minimum Gasteiger partial charge on any atom is -0.382 e. The third-order valence-corrected chi connectivity index (χ3v) is 3.70. The summed E-state index contributed by atoms with van der Waals surface area (Å²) >= 11 is 6.07. The van der Waals surface area contributed by atoms with Gasteiger partial charge in [0.05, 0.1) is 10.7 Å². The second kappa shape index (κ2) is 6.08. The predicted octanol–water partition coefficient (Wildman–Crippen LogP) is 4.48. The summed E-state index contributed by atoms with van der Waals surface area (Å²) in [7, 11) is 0. The normalized spacial score (nSPS) is 12.1. The molecular weight excluding hydrogens is 282 g/mol. The lowest BCUT2D eigenvalue weighted by molar-refractivity contribution is 0.215. The van der Waals surface area contributed by atoms with Crippen molar-refractivity contribution in [3.8, 4) is 11.1 Å². The van der Waals surface area contributed by atoms with E-state index in [0.29, 0.717) is 10.7 Å². The molecule has 0 fully saturated rings. The number of aliphatic hydroxyl groups is 1. The third kappa shape index (κ3) is 2.97. The monoisotopic (exact) mass is 295 g/mol. The van der Waals surface area contributed by atoms with E-state index in [1.807, 2.05) is 42.5 Å². The minimum absolute atomic E-state index is 0.470. The van der Waals surface area contributed by atoms with Gasteiger partial charge in [0.2, 0.25) is 0 Å². The lowest BCUT2D eigenvalue weighted by atomic mass is 10.0. The molecule has 1 heterocycles. The Bertz CT molecular complexity index is 726. The smallest absolute Gasteiger partial charge is 0.122 e. The Morgan fingerprint density at radius 2 is 1.48 bits per heavy atom. The van der Waals surface area contributed by atoms with Crippen molar-refractivity contribution in [2.24, 2.45) is 0 Å². The molecule has 1 aromatic heterocycles. The van der Waals surface area contributed by atoms with Crippen molar-refractivity contribution in [3.05, 3.63) is 89.2 Å². The maximum Gasteiger partial charge on any atom is 0.122 e. The van der Waals surface area contributed by atoms with Crippen molar-refractivity contribution in [2.75, 3.05) is 0 Å². The van der Waals surface area contributed by atoms with E-state index in [-0.39, 0.29) is 0 Å². The van der Waals surface area contributed by atoms with E-state index in [2.05, 4.69) is 17.1 Å². The number of hydrogen-bond donors (Lipinski definition) is 1. The van der Waals surface area contributed by atoms with Crippen molar-refractivity contribution in [2.45, 2.75) is 6.10 Å². The Morgan fingerprint density at radius 3 is 2.14 bits per heavy atom. The SMILES string of the molecule is OC(c1ccc(-c2ccccc2)cc1)c1ncccc1Cl. The summed E-state index contributed by atoms with van der Waals surface area (Å²) < 4.78 is 0. The van der Waals surface area contributed by atoms with Gasteiger partial charge in [-0.15, -0.1) is 0 Å². The zero-order valence-corrected chi connectivity index (χ0v) is 12.0. The number of nitrogens with zero attached hydrogens (tertiary/aromatic N) is 1. The summed E-state index contributed by atoms with van der Waals surface area (Å²) in [6, 6.07) is 21.4. The van der Waals surface area contributed by atoms with Crippen LogP contribution >= 0.6 is 11.6 Å². The first-order valence-corrected chi connectivity index (χ1v) is 7.07. The maximum atomic E-state index is 10.4. The van der Waals surface area contributed by atoms with Gasteiger partial charge in [-0.1, -0.05) is 66.2 Å². The topological polar surface area (TPSA) is 33.1 Å². The Morgan fingerprint density at radius 1 is 0.810 bits per heavy atom. The Kier molecular flexibility index (Phi) is 4.00. The highest BCUT2D eigenvalue weighted by Gasteiger charge is 2.15. The van der Waals surface area contributed by atoms with E-state index in [1.165, 1.54) is 0 Å². The largest absolute Gasteiger partial charge is 0.382 e. The summed E-state index contributed by atoms with van der Waals surface area (Å²) in [5, 5.41) is 10.9. The number of aliphatic hydroxyl groups excluding tert-OH is 1. The zero-order chi connectivity index (χ0) is 14.7. The fraction of sp³-hybridized carbons (Fsp3) is 0.0556. The van der Waals surface area contributed by atoms with Gasteiger partial charge in [0, 0.05) is 6.20 Å². The minimum atomic E-state index is -0.816. The first-order valence-electron chi connectivity index (χ1n) is 6.69. The average Bonchev–Trinajstić information content (AvgIpc) is 2.56. The quantitative estimate of drug-likeness (QED) is 0.772. The summed E-state index contributed by atoms with van der Waals surface area (Å²) in [6.45, 7) is 0. The van der Waals surface area contributed by atoms with E-state index in [1.54, 1.807) is 18.3 Å². The molecule has 104 valence electrons. The fourth-order valence-electron chi connectivity index (χ4n) is 2.25. The van der Waals surface area contributed by atoms with E-state index in [9.17, 15) is 5.11 Å². The first kappa shape index (κ1) is 13.8. The third-order valence-electron chi connectivity index (χ3n) is 3.38. The maximum absolute atomic E-state index is 10.4. The van der Waals surface area contributed by atoms with Crippen molar-refractivity contribution in [1.82, 2.24) is 4.98 Å². The molecule has 2 nitrogen and oxygen atoms in total. The van der Waals surface area contributed by atoms with Gasteiger partial charge in [-0.2, -0.15) is 0 Å². The molecule has 0 aliphatic rings. The standard InChI is InChI=1S/C18H14ClNO/c19-16-7-4-12-20-17(16)18(21)15-10-8-14(9-11-15)13-5-2-1-3-6-13/h1-12,18,21H. The zero-order valence-electron chi connectivity index (χ0n) is 11.3. The van der Waals surface area contributed by atoms with Crippen LogP contribution < -0.4 is 0 Å². The van der Waals surface area contributed by atoms with Crippen LogP contribution in [-0.2, 0) is 0 Å². The molecule has 0 amide bonds. The second-order valence-corrected chi connectivity index (χ2v) is 5.17. The Hall–Kier alpha value is -2.16. The molecule has 2 aromatic carbocycles. The van der Waals surface area contributed by atoms with Crippen LogP contribution in [-0.4, -0.2) is 10.1 Å². The first-order chi connectivity index (χ1) is 10.3. The lowest BCUT2D eigenvalue weighted by Gasteiger charge is -2.12. The molecular formula is C18H14ClNO. The van der Waals surface area contributed by atoms with Gasteiger partial charge in [-0.25, -0.2) is 0 Å². The van der Waals surface area contributed by atoms with Crippen LogP contribution in [0.15, 0.2) is 72.9 Å². The molecule has 3 heteroatoms. The molecule has 1 unspecified atom stereocenters. The number of benzene rings is 2. The number of halogens is 1. The summed E-state index contributed by atoms with van der Waals surface area (Å²) in [5.74, 6) is 0. The molecule has 0 bridgehead atoms. The molecule has 0 radical (unpaired) electrons. The van der Waals surface area contributed by atoms with E-state index in [0.717, 1.165) is 16.7 Å². The van der Waals surface area contributed by atoms with Gasteiger partial charge >= 0.3 is 0 Å². The fourth-order valence-corrected chi connectivity index (χ4v) is 2.47. The van der Waals surface area contributed by atoms with Crippen molar-refractivity contribution < 1.29 is 5.11 Å². The number of aromatic nitrogens is 1. The van der Waals surface area contributed by atoms with Crippen molar-refractivity contribution in [3.63, 3.8) is 0 Å². The van der Waals surface area contributed by atoms with Gasteiger partial charge in [0.1, 0.15) is 6.10 Å². The lowest BCUT2D eigenvalue weighted by Crippen LogP contribution is -2.02. The molecule has 3 rings (SSSR count). The van der Waals surface area contributed by atoms with E-state index in [4.69, 9.17) is 11.6 Å². The molecule has 0 aliphatic carbocycles. The Balaban J connectivity index is 1.89. The van der Waals surface area contributed by atoms with Crippen LogP contribution in [0.25, 0.3) is 11.1 Å².